The molecular weight excluding hydrogens is 348 g/mol. The summed E-state index contributed by atoms with van der Waals surface area (Å²) in [7, 11) is -3.84. The molecule has 0 aliphatic heterocycles. The molecule has 26 heavy (non-hydrogen) atoms. The molecule has 0 spiro atoms. The first-order valence-electron chi connectivity index (χ1n) is 8.88. The molecule has 0 aromatic heterocycles. The topological polar surface area (TPSA) is 66.5 Å². The Kier molecular flexibility index (Phi) is 5.32. The number of sulfonamides is 1. The van der Waals surface area contributed by atoms with Crippen LogP contribution in [0, 0.1) is 6.92 Å². The van der Waals surface area contributed by atoms with Gasteiger partial charge in [-0.1, -0.05) is 42.8 Å². The van der Waals surface area contributed by atoms with Crippen molar-refractivity contribution in [3.63, 3.8) is 0 Å². The molecule has 1 amide bonds. The van der Waals surface area contributed by atoms with E-state index in [2.05, 4.69) is 5.32 Å². The zero-order valence-electron chi connectivity index (χ0n) is 15.1. The second-order valence-electron chi connectivity index (χ2n) is 6.65. The van der Waals surface area contributed by atoms with Crippen LogP contribution in [0.5, 0.6) is 0 Å². The summed E-state index contributed by atoms with van der Waals surface area (Å²) in [5, 5.41) is 2.88. The van der Waals surface area contributed by atoms with E-state index in [-0.39, 0.29) is 23.4 Å². The quantitative estimate of drug-likeness (QED) is 0.812. The SMILES string of the molecule is CCc1ccccc1N(CC(=O)NC1CC1)S(=O)(=O)c1ccc(C)cc1. The number of carbonyl (C=O) groups is 1. The lowest BCUT2D eigenvalue weighted by atomic mass is 10.1. The van der Waals surface area contributed by atoms with Crippen molar-refractivity contribution in [1.29, 1.82) is 0 Å². The highest BCUT2D eigenvalue weighted by Crippen LogP contribution is 2.28. The fraction of sp³-hybridized carbons (Fsp3) is 0.350. The van der Waals surface area contributed by atoms with Gasteiger partial charge in [0.1, 0.15) is 6.54 Å². The summed E-state index contributed by atoms with van der Waals surface area (Å²) in [6.07, 6.45) is 2.60. The molecular formula is C20H24N2O3S. The van der Waals surface area contributed by atoms with Gasteiger partial charge in [-0.3, -0.25) is 9.10 Å². The number of para-hydroxylation sites is 1. The number of amides is 1. The number of nitrogens with zero attached hydrogens (tertiary/aromatic N) is 1. The van der Waals surface area contributed by atoms with Gasteiger partial charge in [-0.15, -0.1) is 0 Å². The Labute approximate surface area is 155 Å². The number of aryl methyl sites for hydroxylation is 2. The average Bonchev–Trinajstić information content (AvgIpc) is 3.44. The minimum absolute atomic E-state index is 0.188. The van der Waals surface area contributed by atoms with E-state index in [1.54, 1.807) is 36.4 Å². The van der Waals surface area contributed by atoms with Crippen molar-refractivity contribution in [1.82, 2.24) is 5.32 Å². The first kappa shape index (κ1) is 18.5. The molecule has 0 heterocycles. The molecule has 1 N–H and O–H groups in total. The highest BCUT2D eigenvalue weighted by molar-refractivity contribution is 7.92. The van der Waals surface area contributed by atoms with Crippen LogP contribution in [-0.4, -0.2) is 26.9 Å². The summed E-state index contributed by atoms with van der Waals surface area (Å²) in [6, 6.07) is 14.2. The third-order valence-electron chi connectivity index (χ3n) is 4.48. The molecule has 0 radical (unpaired) electrons. The number of anilines is 1. The maximum Gasteiger partial charge on any atom is 0.264 e. The number of benzene rings is 2. The normalized spacial score (nSPS) is 14.1. The summed E-state index contributed by atoms with van der Waals surface area (Å²) < 4.78 is 27.8. The summed E-state index contributed by atoms with van der Waals surface area (Å²) >= 11 is 0. The zero-order valence-corrected chi connectivity index (χ0v) is 15.9. The van der Waals surface area contributed by atoms with E-state index in [9.17, 15) is 13.2 Å². The second-order valence-corrected chi connectivity index (χ2v) is 8.51. The Balaban J connectivity index is 2.01. The van der Waals surface area contributed by atoms with E-state index in [0.29, 0.717) is 12.1 Å². The maximum absolute atomic E-state index is 13.3. The summed E-state index contributed by atoms with van der Waals surface area (Å²) in [4.78, 5) is 12.6. The summed E-state index contributed by atoms with van der Waals surface area (Å²) in [5.41, 5.74) is 2.43. The standard InChI is InChI=1S/C20H24N2O3S/c1-3-16-6-4-5-7-19(16)22(14-20(23)21-17-10-11-17)26(24,25)18-12-8-15(2)9-13-18/h4-9,12-13,17H,3,10-11,14H2,1-2H3,(H,21,23). The highest BCUT2D eigenvalue weighted by Gasteiger charge is 2.30. The van der Waals surface area contributed by atoms with Crippen LogP contribution in [0.4, 0.5) is 5.69 Å². The van der Waals surface area contributed by atoms with Crippen LogP contribution in [0.1, 0.15) is 30.9 Å². The zero-order chi connectivity index (χ0) is 18.7. The smallest absolute Gasteiger partial charge is 0.264 e. The average molecular weight is 372 g/mol. The van der Waals surface area contributed by atoms with Gasteiger partial charge in [-0.05, 0) is 49.9 Å². The molecule has 1 aliphatic carbocycles. The number of hydrogen-bond acceptors (Lipinski definition) is 3. The van der Waals surface area contributed by atoms with Crippen LogP contribution in [-0.2, 0) is 21.2 Å². The third kappa shape index (κ3) is 4.07. The first-order chi connectivity index (χ1) is 12.4. The Morgan fingerprint density at radius 3 is 2.38 bits per heavy atom. The molecule has 0 bridgehead atoms. The van der Waals surface area contributed by atoms with Crippen molar-refractivity contribution >= 4 is 21.6 Å². The van der Waals surface area contributed by atoms with E-state index >= 15 is 0 Å². The van der Waals surface area contributed by atoms with Crippen molar-refractivity contribution in [3.05, 3.63) is 59.7 Å². The van der Waals surface area contributed by atoms with Crippen molar-refractivity contribution < 1.29 is 13.2 Å². The predicted molar refractivity (Wildman–Crippen MR) is 103 cm³/mol. The lowest BCUT2D eigenvalue weighted by Crippen LogP contribution is -2.42. The van der Waals surface area contributed by atoms with Crippen LogP contribution >= 0.6 is 0 Å². The lowest BCUT2D eigenvalue weighted by molar-refractivity contribution is -0.119. The van der Waals surface area contributed by atoms with Crippen LogP contribution in [0.25, 0.3) is 0 Å². The number of carbonyl (C=O) groups excluding carboxylic acids is 1. The number of nitrogens with one attached hydrogen (secondary N) is 1. The van der Waals surface area contributed by atoms with Crippen LogP contribution in [0.2, 0.25) is 0 Å². The minimum atomic E-state index is -3.84. The van der Waals surface area contributed by atoms with E-state index in [4.69, 9.17) is 0 Å². The Morgan fingerprint density at radius 2 is 1.77 bits per heavy atom. The van der Waals surface area contributed by atoms with Gasteiger partial charge in [0.15, 0.2) is 0 Å². The summed E-state index contributed by atoms with van der Waals surface area (Å²) in [5.74, 6) is -0.269. The molecule has 138 valence electrons. The molecule has 2 aromatic rings. The van der Waals surface area contributed by atoms with Crippen LogP contribution < -0.4 is 9.62 Å². The molecule has 1 aliphatic rings. The van der Waals surface area contributed by atoms with Crippen molar-refractivity contribution in [2.24, 2.45) is 0 Å². The van der Waals surface area contributed by atoms with Gasteiger partial charge in [-0.2, -0.15) is 0 Å². The van der Waals surface area contributed by atoms with Gasteiger partial charge in [0, 0.05) is 6.04 Å². The van der Waals surface area contributed by atoms with E-state index in [1.165, 1.54) is 4.31 Å². The van der Waals surface area contributed by atoms with Crippen LogP contribution in [0.15, 0.2) is 53.4 Å². The van der Waals surface area contributed by atoms with E-state index < -0.39 is 10.0 Å². The minimum Gasteiger partial charge on any atom is -0.352 e. The summed E-state index contributed by atoms with van der Waals surface area (Å²) in [6.45, 7) is 3.66. The molecule has 1 saturated carbocycles. The van der Waals surface area contributed by atoms with Gasteiger partial charge in [0.05, 0.1) is 10.6 Å². The molecule has 0 atom stereocenters. The fourth-order valence-electron chi connectivity index (χ4n) is 2.82. The molecule has 3 rings (SSSR count). The monoisotopic (exact) mass is 372 g/mol. The van der Waals surface area contributed by atoms with Gasteiger partial charge < -0.3 is 5.32 Å². The number of rotatable bonds is 7. The molecule has 0 unspecified atom stereocenters. The van der Waals surface area contributed by atoms with Crippen molar-refractivity contribution in [3.8, 4) is 0 Å². The molecule has 6 heteroatoms. The largest absolute Gasteiger partial charge is 0.352 e. The lowest BCUT2D eigenvalue weighted by Gasteiger charge is -2.26. The van der Waals surface area contributed by atoms with Gasteiger partial charge in [-0.25, -0.2) is 8.42 Å². The van der Waals surface area contributed by atoms with E-state index in [0.717, 1.165) is 24.0 Å². The van der Waals surface area contributed by atoms with Gasteiger partial charge in [0.25, 0.3) is 10.0 Å². The predicted octanol–water partition coefficient (Wildman–Crippen LogP) is 3.03. The molecule has 1 fully saturated rings. The van der Waals surface area contributed by atoms with Gasteiger partial charge in [0.2, 0.25) is 5.91 Å². The first-order valence-corrected chi connectivity index (χ1v) is 10.3. The molecule has 5 nitrogen and oxygen atoms in total. The second kappa shape index (κ2) is 7.50. The van der Waals surface area contributed by atoms with Crippen LogP contribution in [0.3, 0.4) is 0 Å². The highest BCUT2D eigenvalue weighted by atomic mass is 32.2. The molecule has 2 aromatic carbocycles. The van der Waals surface area contributed by atoms with E-state index in [1.807, 2.05) is 26.0 Å². The Bertz CT molecular complexity index is 888. The maximum atomic E-state index is 13.3. The van der Waals surface area contributed by atoms with Gasteiger partial charge >= 0.3 is 0 Å². The Morgan fingerprint density at radius 1 is 1.12 bits per heavy atom. The number of hydrogen-bond donors (Lipinski definition) is 1. The third-order valence-corrected chi connectivity index (χ3v) is 6.25. The molecule has 0 saturated heterocycles. The fourth-order valence-corrected chi connectivity index (χ4v) is 4.28. The van der Waals surface area contributed by atoms with Crippen molar-refractivity contribution in [2.45, 2.75) is 44.0 Å². The Hall–Kier alpha value is -2.34. The van der Waals surface area contributed by atoms with Crippen molar-refractivity contribution in [2.75, 3.05) is 10.8 Å².